The number of alkyl halides is 6. The average molecular weight is 617 g/mol. The van der Waals surface area contributed by atoms with Crippen LogP contribution in [0.5, 0.6) is 0 Å². The zero-order chi connectivity index (χ0) is 28.8. The van der Waals surface area contributed by atoms with Crippen molar-refractivity contribution in [2.75, 3.05) is 19.2 Å². The molecule has 40 heavy (non-hydrogen) atoms. The molecule has 0 saturated carbocycles. The SMILES string of the molecule is C.C=CC(=O)OC.COC(=O)C1CC(C(F)(F)F)=NN1c1ccccc1.FC(F)(F)C#[N+][N-]c1ccccc1.[2HH].[2HH].[V]. The standard InChI is InChI=1S/C12H11F3N2O2.C8H5F3N2.C4H6O2.CH4.V.2H2/c1-19-11(18)9-7-10(12(13,14)15)16-17(9)8-5-3-2-4-6-8;9-8(10,11)6-12-13-7-4-2-1-3-5-7;1-3-4(5)6-2;;;;/h2-6,9H,7H2,1H3;1-5H;3H,1H2,2H3;1H4;;2*1H/i;;;;;2*1+1. The second-order valence-corrected chi connectivity index (χ2v) is 6.84. The molecule has 0 saturated heterocycles. The second-order valence-electron chi connectivity index (χ2n) is 6.84. The van der Waals surface area contributed by atoms with E-state index in [0.29, 0.717) is 11.4 Å². The Balaban J connectivity index is -0.000000277. The molecule has 0 N–H and O–H groups in total. The molecule has 1 radical (unpaired) electrons. The maximum Gasteiger partial charge on any atom is 0.529 e. The normalized spacial score (nSPS) is 13.4. The monoisotopic (exact) mass is 617 g/mol. The summed E-state index contributed by atoms with van der Waals surface area (Å²) in [4.78, 5) is 24.2. The van der Waals surface area contributed by atoms with Gasteiger partial charge in [-0.1, -0.05) is 73.2 Å². The van der Waals surface area contributed by atoms with E-state index in [-0.39, 0.29) is 28.8 Å². The molecule has 0 amide bonds. The van der Waals surface area contributed by atoms with Gasteiger partial charge in [0.05, 0.1) is 19.9 Å². The first-order valence-electron chi connectivity index (χ1n) is 10.4. The van der Waals surface area contributed by atoms with Crippen LogP contribution in [-0.2, 0) is 37.6 Å². The van der Waals surface area contributed by atoms with Gasteiger partial charge in [0.15, 0.2) is 6.04 Å². The van der Waals surface area contributed by atoms with Crippen molar-refractivity contribution in [3.63, 3.8) is 0 Å². The number of rotatable bonds is 4. The third-order valence-corrected chi connectivity index (χ3v) is 4.20. The molecule has 2 aromatic carbocycles. The maximum absolute atomic E-state index is 12.7. The number of benzene rings is 2. The molecular weight excluding hydrogens is 585 g/mol. The van der Waals surface area contributed by atoms with Crippen LogP contribution in [0.1, 0.15) is 16.7 Å². The molecule has 221 valence electrons. The Kier molecular flexibility index (Phi) is 17.5. The number of ether oxygens (including phenoxy) is 2. The fourth-order valence-corrected chi connectivity index (χ4v) is 2.54. The number of esters is 2. The maximum atomic E-state index is 12.7. The Morgan fingerprint density at radius 2 is 1.57 bits per heavy atom. The van der Waals surface area contributed by atoms with Crippen LogP contribution in [0, 0.1) is 6.07 Å². The van der Waals surface area contributed by atoms with Crippen LogP contribution in [0.2, 0.25) is 0 Å². The van der Waals surface area contributed by atoms with Gasteiger partial charge in [-0.05, 0) is 12.1 Å². The van der Waals surface area contributed by atoms with Gasteiger partial charge in [0.25, 0.3) is 0 Å². The van der Waals surface area contributed by atoms with Gasteiger partial charge in [-0.15, -0.1) is 0 Å². The molecule has 0 bridgehead atoms. The van der Waals surface area contributed by atoms with E-state index in [1.807, 2.05) is 0 Å². The zero-order valence-corrected chi connectivity index (χ0v) is 21.9. The number of hydrazone groups is 1. The van der Waals surface area contributed by atoms with E-state index in [1.165, 1.54) is 7.11 Å². The average Bonchev–Trinajstić information content (AvgIpc) is 3.35. The third kappa shape index (κ3) is 14.3. The topological polar surface area (TPSA) is 86.7 Å². The van der Waals surface area contributed by atoms with Crippen LogP contribution in [0.15, 0.2) is 78.4 Å². The Bertz CT molecular complexity index is 1160. The molecule has 2 aromatic rings. The van der Waals surface area contributed by atoms with Crippen molar-refractivity contribution in [1.82, 2.24) is 0 Å². The second kappa shape index (κ2) is 18.4. The minimum absolute atomic E-state index is 0. The summed E-state index contributed by atoms with van der Waals surface area (Å²) in [6, 6.07) is 16.2. The Morgan fingerprint density at radius 1 is 1.05 bits per heavy atom. The van der Waals surface area contributed by atoms with E-state index in [2.05, 4.69) is 31.5 Å². The molecule has 1 aliphatic heterocycles. The molecule has 0 aromatic heterocycles. The first-order chi connectivity index (χ1) is 17.8. The number of nitrogens with zero attached hydrogens (tertiary/aromatic N) is 4. The first kappa shape index (κ1) is 38.2. The molecule has 1 unspecified atom stereocenters. The summed E-state index contributed by atoms with van der Waals surface area (Å²) < 4.78 is 81.2. The Hall–Kier alpha value is -3.96. The molecule has 8 nitrogen and oxygen atoms in total. The minimum Gasteiger partial charge on any atom is -0.467 e. The van der Waals surface area contributed by atoms with E-state index >= 15 is 0 Å². The number of halogens is 6. The summed E-state index contributed by atoms with van der Waals surface area (Å²) >= 11 is 0. The molecule has 1 heterocycles. The third-order valence-electron chi connectivity index (χ3n) is 4.20. The van der Waals surface area contributed by atoms with Gasteiger partial charge in [0.1, 0.15) is 5.71 Å². The largest absolute Gasteiger partial charge is 0.529 e. The van der Waals surface area contributed by atoms with Crippen LogP contribution in [0.4, 0.5) is 37.7 Å². The molecule has 0 fully saturated rings. The summed E-state index contributed by atoms with van der Waals surface area (Å²) in [5, 5.41) is 4.55. The minimum atomic E-state index is -4.55. The van der Waals surface area contributed by atoms with E-state index < -0.39 is 42.5 Å². The van der Waals surface area contributed by atoms with Crippen LogP contribution in [0.25, 0.3) is 10.4 Å². The van der Waals surface area contributed by atoms with Crippen LogP contribution in [0.3, 0.4) is 0 Å². The van der Waals surface area contributed by atoms with Gasteiger partial charge < -0.3 is 9.47 Å². The van der Waals surface area contributed by atoms with Crippen molar-refractivity contribution in [2.24, 2.45) is 5.10 Å². The van der Waals surface area contributed by atoms with Crippen molar-refractivity contribution >= 4 is 29.0 Å². The van der Waals surface area contributed by atoms with Gasteiger partial charge in [-0.25, -0.2) is 9.59 Å². The molecule has 3 rings (SSSR count). The smallest absolute Gasteiger partial charge is 0.467 e. The molecule has 1 aliphatic rings. The number of methoxy groups -OCH3 is 2. The molecular formula is C25H30F6N4O4V. The number of anilines is 1. The fourth-order valence-electron chi connectivity index (χ4n) is 2.54. The number of hydrogen-bond donors (Lipinski definition) is 0. The predicted octanol–water partition coefficient (Wildman–Crippen LogP) is 7.33. The molecule has 0 spiro atoms. The number of para-hydroxylation sites is 1. The zero-order valence-electron chi connectivity index (χ0n) is 20.5. The van der Waals surface area contributed by atoms with Gasteiger partial charge in [0, 0.05) is 33.9 Å². The number of hydrogen-bond acceptors (Lipinski definition) is 6. The fraction of sp³-hybridized carbons (Fsp3) is 0.280. The first-order valence-corrected chi connectivity index (χ1v) is 10.4. The summed E-state index contributed by atoms with van der Waals surface area (Å²) in [6.07, 6.45) is -8.47. The predicted molar refractivity (Wildman–Crippen MR) is 139 cm³/mol. The Labute approximate surface area is 242 Å². The van der Waals surface area contributed by atoms with Gasteiger partial charge in [-0.2, -0.15) is 31.4 Å². The summed E-state index contributed by atoms with van der Waals surface area (Å²) in [5.74, 6) is -1.14. The van der Waals surface area contributed by atoms with Crippen LogP contribution >= 0.6 is 0 Å². The Morgan fingerprint density at radius 3 is 1.98 bits per heavy atom. The quantitative estimate of drug-likeness (QED) is 0.155. The molecule has 1 atom stereocenters. The van der Waals surface area contributed by atoms with Gasteiger partial charge >= 0.3 is 30.4 Å². The summed E-state index contributed by atoms with van der Waals surface area (Å²) in [6.45, 7) is 3.16. The molecule has 0 aliphatic carbocycles. The van der Waals surface area contributed by atoms with Crippen LogP contribution < -0.4 is 5.01 Å². The number of carbonyl (C=O) groups is 2. The van der Waals surface area contributed by atoms with Crippen molar-refractivity contribution in [3.8, 4) is 6.07 Å². The van der Waals surface area contributed by atoms with E-state index in [1.54, 1.807) is 60.7 Å². The molecule has 15 heteroatoms. The van der Waals surface area contributed by atoms with Gasteiger partial charge in [0.2, 0.25) is 0 Å². The number of carbonyl (C=O) groups excluding carboxylic acids is 2. The van der Waals surface area contributed by atoms with Crippen molar-refractivity contribution in [2.45, 2.75) is 32.2 Å². The van der Waals surface area contributed by atoms with Crippen LogP contribution in [-0.4, -0.2) is 50.3 Å². The van der Waals surface area contributed by atoms with Crippen molar-refractivity contribution in [1.29, 1.82) is 0 Å². The van der Waals surface area contributed by atoms with Crippen molar-refractivity contribution < 1.29 is 66.8 Å². The van der Waals surface area contributed by atoms with E-state index in [0.717, 1.165) is 24.3 Å². The summed E-state index contributed by atoms with van der Waals surface area (Å²) in [7, 11) is 2.45. The van der Waals surface area contributed by atoms with Gasteiger partial charge in [-0.3, -0.25) is 10.4 Å². The van der Waals surface area contributed by atoms with E-state index in [9.17, 15) is 35.9 Å². The summed E-state index contributed by atoms with van der Waals surface area (Å²) in [5.41, 5.74) is 3.08. The van der Waals surface area contributed by atoms with E-state index in [4.69, 9.17) is 0 Å². The van der Waals surface area contributed by atoms with Crippen molar-refractivity contribution in [3.05, 3.63) is 83.7 Å².